The fourth-order valence-electron chi connectivity index (χ4n) is 2.66. The molecule has 1 fully saturated rings. The molecule has 1 aliphatic heterocycles. The molecule has 1 aliphatic rings. The van der Waals surface area contributed by atoms with Crippen LogP contribution in [0.2, 0.25) is 0 Å². The monoisotopic (exact) mass is 388 g/mol. The van der Waals surface area contributed by atoms with Gasteiger partial charge in [0.25, 0.3) is 5.91 Å². The lowest BCUT2D eigenvalue weighted by Crippen LogP contribution is -2.55. The van der Waals surface area contributed by atoms with Crippen molar-refractivity contribution in [2.45, 2.75) is 69.7 Å². The van der Waals surface area contributed by atoms with Crippen LogP contribution in [0.1, 0.15) is 33.1 Å². The molecule has 9 heteroatoms. The number of aliphatic hydroxyl groups is 4. The van der Waals surface area contributed by atoms with E-state index in [1.165, 1.54) is 13.2 Å². The minimum absolute atomic E-state index is 0.106. The van der Waals surface area contributed by atoms with Gasteiger partial charge in [0, 0.05) is 13.7 Å². The van der Waals surface area contributed by atoms with Crippen molar-refractivity contribution < 1.29 is 34.8 Å². The molecule has 0 aromatic carbocycles. The molecule has 1 saturated heterocycles. The smallest absolute Gasteiger partial charge is 0.252 e. The third-order valence-corrected chi connectivity index (χ3v) is 4.74. The topological polar surface area (TPSA) is 148 Å². The Hall–Kier alpha value is -1.52. The molecule has 0 aromatic heterocycles. The first-order valence-electron chi connectivity index (χ1n) is 9.22. The SMILES string of the molecule is CCC(C)C=CC(O)C(O)C(O)C(OC)C(=O)NC1CCC(O)CNC1=O. The Labute approximate surface area is 159 Å². The van der Waals surface area contributed by atoms with Gasteiger partial charge in [-0.05, 0) is 18.8 Å². The fraction of sp³-hybridized carbons (Fsp3) is 0.778. The summed E-state index contributed by atoms with van der Waals surface area (Å²) in [4.78, 5) is 24.4. The number of aliphatic hydroxyl groups excluding tert-OH is 4. The predicted molar refractivity (Wildman–Crippen MR) is 97.6 cm³/mol. The summed E-state index contributed by atoms with van der Waals surface area (Å²) in [7, 11) is 1.18. The second-order valence-corrected chi connectivity index (χ2v) is 6.94. The van der Waals surface area contributed by atoms with Gasteiger partial charge >= 0.3 is 0 Å². The minimum Gasteiger partial charge on any atom is -0.391 e. The number of hydrogen-bond donors (Lipinski definition) is 6. The van der Waals surface area contributed by atoms with Crippen molar-refractivity contribution in [2.75, 3.05) is 13.7 Å². The van der Waals surface area contributed by atoms with Crippen LogP contribution in [0, 0.1) is 5.92 Å². The first-order chi connectivity index (χ1) is 12.7. The van der Waals surface area contributed by atoms with Crippen molar-refractivity contribution in [3.8, 4) is 0 Å². The lowest BCUT2D eigenvalue weighted by Gasteiger charge is -2.28. The summed E-state index contributed by atoms with van der Waals surface area (Å²) < 4.78 is 4.98. The summed E-state index contributed by atoms with van der Waals surface area (Å²) >= 11 is 0. The van der Waals surface area contributed by atoms with E-state index in [-0.39, 0.29) is 18.9 Å². The number of β-amino-alcohol motifs (C(OH)–C–C–N with tert-alkyl or cyclic N) is 1. The van der Waals surface area contributed by atoms with Crippen LogP contribution in [0.3, 0.4) is 0 Å². The van der Waals surface area contributed by atoms with Crippen molar-refractivity contribution in [3.63, 3.8) is 0 Å². The molecule has 0 spiro atoms. The molecule has 6 N–H and O–H groups in total. The Kier molecular flexibility index (Phi) is 9.89. The second-order valence-electron chi connectivity index (χ2n) is 6.94. The molecule has 1 rings (SSSR count). The maximum atomic E-state index is 12.4. The van der Waals surface area contributed by atoms with Crippen LogP contribution in [-0.4, -0.2) is 82.5 Å². The quantitative estimate of drug-likeness (QED) is 0.262. The Morgan fingerprint density at radius 1 is 1.30 bits per heavy atom. The number of ether oxygens (including phenoxy) is 1. The van der Waals surface area contributed by atoms with Gasteiger partial charge in [0.2, 0.25) is 5.91 Å². The molecule has 9 nitrogen and oxygen atoms in total. The molecular weight excluding hydrogens is 356 g/mol. The highest BCUT2D eigenvalue weighted by Gasteiger charge is 2.37. The largest absolute Gasteiger partial charge is 0.391 e. The number of rotatable bonds is 9. The van der Waals surface area contributed by atoms with E-state index in [0.717, 1.165) is 6.42 Å². The van der Waals surface area contributed by atoms with Crippen LogP contribution < -0.4 is 10.6 Å². The Bertz CT molecular complexity index is 514. The van der Waals surface area contributed by atoms with E-state index in [1.807, 2.05) is 13.8 Å². The number of carbonyl (C=O) groups is 2. The zero-order chi connectivity index (χ0) is 20.6. The van der Waals surface area contributed by atoms with Gasteiger partial charge in [0.15, 0.2) is 6.10 Å². The summed E-state index contributed by atoms with van der Waals surface area (Å²) in [6.45, 7) is 4.02. The molecule has 0 saturated carbocycles. The third kappa shape index (κ3) is 7.19. The standard InChI is InChI=1S/C18H32N2O7/c1-4-10(2)5-8-13(22)14(23)15(24)16(27-3)18(26)20-12-7-6-11(21)9-19-17(12)25/h5,8,10-16,21-24H,4,6-7,9H2,1-3H3,(H,19,25)(H,20,26). The molecule has 156 valence electrons. The van der Waals surface area contributed by atoms with Gasteiger partial charge in [-0.3, -0.25) is 9.59 Å². The van der Waals surface area contributed by atoms with Gasteiger partial charge in [-0.15, -0.1) is 0 Å². The fourth-order valence-corrected chi connectivity index (χ4v) is 2.66. The number of nitrogens with one attached hydrogen (secondary N) is 2. The normalized spacial score (nSPS) is 26.6. The summed E-state index contributed by atoms with van der Waals surface area (Å²) in [5, 5.41) is 45.0. The van der Waals surface area contributed by atoms with Crippen molar-refractivity contribution in [2.24, 2.45) is 5.92 Å². The van der Waals surface area contributed by atoms with Crippen LogP contribution in [0.15, 0.2) is 12.2 Å². The summed E-state index contributed by atoms with van der Waals surface area (Å²) in [5.41, 5.74) is 0. The molecule has 7 unspecified atom stereocenters. The number of amides is 2. The zero-order valence-corrected chi connectivity index (χ0v) is 16.0. The van der Waals surface area contributed by atoms with E-state index < -0.39 is 48.4 Å². The number of allylic oxidation sites excluding steroid dienone is 1. The molecule has 0 aromatic rings. The van der Waals surface area contributed by atoms with E-state index in [0.29, 0.717) is 6.42 Å². The highest BCUT2D eigenvalue weighted by atomic mass is 16.5. The molecule has 1 heterocycles. The maximum absolute atomic E-state index is 12.4. The molecule has 0 aliphatic carbocycles. The third-order valence-electron chi connectivity index (χ3n) is 4.74. The van der Waals surface area contributed by atoms with Crippen LogP contribution >= 0.6 is 0 Å². The van der Waals surface area contributed by atoms with Crippen LogP contribution in [0.4, 0.5) is 0 Å². The summed E-state index contributed by atoms with van der Waals surface area (Å²) in [5.74, 6) is -1.05. The number of methoxy groups -OCH3 is 1. The molecule has 7 atom stereocenters. The summed E-state index contributed by atoms with van der Waals surface area (Å²) in [6.07, 6.45) is -2.41. The average molecular weight is 388 g/mol. The Morgan fingerprint density at radius 3 is 2.56 bits per heavy atom. The van der Waals surface area contributed by atoms with Crippen molar-refractivity contribution >= 4 is 11.8 Å². The lowest BCUT2D eigenvalue weighted by molar-refractivity contribution is -0.150. The van der Waals surface area contributed by atoms with E-state index in [2.05, 4.69) is 10.6 Å². The number of carbonyl (C=O) groups excluding carboxylic acids is 2. The van der Waals surface area contributed by atoms with Gasteiger partial charge in [0.1, 0.15) is 24.4 Å². The Morgan fingerprint density at radius 2 is 1.96 bits per heavy atom. The summed E-state index contributed by atoms with van der Waals surface area (Å²) in [6, 6.07) is -0.883. The van der Waals surface area contributed by atoms with Crippen molar-refractivity contribution in [3.05, 3.63) is 12.2 Å². The van der Waals surface area contributed by atoms with Crippen molar-refractivity contribution in [1.82, 2.24) is 10.6 Å². The molecule has 2 amide bonds. The molecular formula is C18H32N2O7. The second kappa shape index (κ2) is 11.4. The predicted octanol–water partition coefficient (Wildman–Crippen LogP) is -1.56. The zero-order valence-electron chi connectivity index (χ0n) is 16.0. The van der Waals surface area contributed by atoms with Gasteiger partial charge in [-0.1, -0.05) is 32.4 Å². The van der Waals surface area contributed by atoms with Crippen LogP contribution in [-0.2, 0) is 14.3 Å². The maximum Gasteiger partial charge on any atom is 0.252 e. The van der Waals surface area contributed by atoms with E-state index in [9.17, 15) is 30.0 Å². The van der Waals surface area contributed by atoms with E-state index >= 15 is 0 Å². The van der Waals surface area contributed by atoms with Crippen LogP contribution in [0.25, 0.3) is 0 Å². The molecule has 0 radical (unpaired) electrons. The molecule has 27 heavy (non-hydrogen) atoms. The van der Waals surface area contributed by atoms with Gasteiger partial charge < -0.3 is 35.8 Å². The van der Waals surface area contributed by atoms with Gasteiger partial charge in [-0.2, -0.15) is 0 Å². The highest BCUT2D eigenvalue weighted by Crippen LogP contribution is 2.13. The lowest BCUT2D eigenvalue weighted by atomic mass is 9.99. The minimum atomic E-state index is -1.70. The van der Waals surface area contributed by atoms with Crippen LogP contribution in [0.5, 0.6) is 0 Å². The number of hydrogen-bond acceptors (Lipinski definition) is 7. The van der Waals surface area contributed by atoms with E-state index in [1.54, 1.807) is 6.08 Å². The average Bonchev–Trinajstić information content (AvgIpc) is 2.81. The molecule has 0 bridgehead atoms. The van der Waals surface area contributed by atoms with Gasteiger partial charge in [0.05, 0.1) is 6.10 Å². The van der Waals surface area contributed by atoms with E-state index in [4.69, 9.17) is 4.74 Å². The Balaban J connectivity index is 2.72. The van der Waals surface area contributed by atoms with Gasteiger partial charge in [-0.25, -0.2) is 0 Å². The first kappa shape index (κ1) is 23.5. The van der Waals surface area contributed by atoms with Crippen molar-refractivity contribution in [1.29, 1.82) is 0 Å². The highest BCUT2D eigenvalue weighted by molar-refractivity contribution is 5.89. The first-order valence-corrected chi connectivity index (χ1v) is 9.22.